The summed E-state index contributed by atoms with van der Waals surface area (Å²) in [5.74, 6) is 0.175. The van der Waals surface area contributed by atoms with Gasteiger partial charge in [0.25, 0.3) is 10.0 Å². The average Bonchev–Trinajstić information content (AvgIpc) is 2.89. The average molecular weight is 288 g/mol. The molecule has 20 heavy (non-hydrogen) atoms. The highest BCUT2D eigenvalue weighted by molar-refractivity contribution is 7.93. The van der Waals surface area contributed by atoms with Crippen LogP contribution in [0.5, 0.6) is 0 Å². The number of benzene rings is 1. The van der Waals surface area contributed by atoms with E-state index >= 15 is 0 Å². The molecule has 1 aromatic carbocycles. The van der Waals surface area contributed by atoms with E-state index in [1.54, 1.807) is 18.5 Å². The summed E-state index contributed by atoms with van der Waals surface area (Å²) in [6.07, 6.45) is 4.67. The Balaban J connectivity index is 2.14. The number of nitrogens with one attached hydrogen (secondary N) is 2. The second-order valence-electron chi connectivity index (χ2n) is 4.38. The molecular weight excluding hydrogens is 276 g/mol. The maximum Gasteiger partial charge on any atom is 0.266 e. The predicted molar refractivity (Wildman–Crippen MR) is 75.9 cm³/mol. The number of H-pyrrole nitrogens is 1. The van der Waals surface area contributed by atoms with E-state index in [9.17, 15) is 8.42 Å². The minimum atomic E-state index is -3.73. The van der Waals surface area contributed by atoms with Gasteiger partial charge in [0, 0.05) is 24.0 Å². The maximum absolute atomic E-state index is 12.4. The topological polar surface area (TPSA) is 87.7 Å². The molecule has 6 nitrogen and oxygen atoms in total. The highest BCUT2D eigenvalue weighted by Gasteiger charge is 2.19. The van der Waals surface area contributed by atoms with Crippen molar-refractivity contribution in [1.82, 2.24) is 15.0 Å². The molecular formula is C13H12N4O2S. The minimum absolute atomic E-state index is 0.131. The number of sulfonamides is 1. The van der Waals surface area contributed by atoms with Crippen molar-refractivity contribution in [2.24, 2.45) is 0 Å². The number of aryl methyl sites for hydroxylation is 1. The summed E-state index contributed by atoms with van der Waals surface area (Å²) in [5, 5.41) is 0.785. The zero-order valence-corrected chi connectivity index (χ0v) is 11.5. The smallest absolute Gasteiger partial charge is 0.266 e. The Morgan fingerprint density at radius 1 is 1.25 bits per heavy atom. The molecule has 0 fully saturated rings. The fraction of sp³-hybridized carbons (Fsp3) is 0.0769. The Morgan fingerprint density at radius 3 is 2.85 bits per heavy atom. The first-order valence-electron chi connectivity index (χ1n) is 5.94. The molecule has 102 valence electrons. The van der Waals surface area contributed by atoms with Crippen LogP contribution >= 0.6 is 0 Å². The zero-order chi connectivity index (χ0) is 14.2. The monoisotopic (exact) mass is 288 g/mol. The quantitative estimate of drug-likeness (QED) is 0.772. The molecule has 2 heterocycles. The number of aromatic nitrogens is 3. The normalized spacial score (nSPS) is 11.7. The van der Waals surface area contributed by atoms with Crippen molar-refractivity contribution in [2.75, 3.05) is 4.72 Å². The molecule has 0 unspecified atom stereocenters. The van der Waals surface area contributed by atoms with Crippen molar-refractivity contribution in [3.63, 3.8) is 0 Å². The maximum atomic E-state index is 12.4. The van der Waals surface area contributed by atoms with E-state index in [-0.39, 0.29) is 10.8 Å². The van der Waals surface area contributed by atoms with E-state index < -0.39 is 10.0 Å². The van der Waals surface area contributed by atoms with Gasteiger partial charge in [-0.2, -0.15) is 0 Å². The van der Waals surface area contributed by atoms with E-state index in [0.29, 0.717) is 5.52 Å². The number of hydrogen-bond donors (Lipinski definition) is 2. The molecule has 0 spiro atoms. The minimum Gasteiger partial charge on any atom is -0.330 e. The first-order chi connectivity index (χ1) is 9.56. The van der Waals surface area contributed by atoms with Gasteiger partial charge < -0.3 is 4.98 Å². The van der Waals surface area contributed by atoms with Crippen molar-refractivity contribution in [3.05, 3.63) is 48.4 Å². The van der Waals surface area contributed by atoms with Crippen molar-refractivity contribution in [1.29, 1.82) is 0 Å². The van der Waals surface area contributed by atoms with Crippen molar-refractivity contribution < 1.29 is 8.42 Å². The molecule has 0 aliphatic carbocycles. The number of nitrogens with zero attached hydrogens (tertiary/aromatic N) is 2. The van der Waals surface area contributed by atoms with Gasteiger partial charge in [0.2, 0.25) is 5.95 Å². The van der Waals surface area contributed by atoms with Crippen LogP contribution in [0.25, 0.3) is 10.9 Å². The third-order valence-corrected chi connectivity index (χ3v) is 4.20. The summed E-state index contributed by atoms with van der Waals surface area (Å²) in [4.78, 5) is 10.9. The van der Waals surface area contributed by atoms with Crippen molar-refractivity contribution >= 4 is 26.9 Å². The Kier molecular flexibility index (Phi) is 2.90. The Hall–Kier alpha value is -2.41. The van der Waals surface area contributed by atoms with E-state index in [4.69, 9.17) is 0 Å². The fourth-order valence-corrected chi connectivity index (χ4v) is 3.12. The number of pyridine rings is 1. The molecule has 2 aromatic heterocycles. The molecule has 0 aliphatic rings. The summed E-state index contributed by atoms with van der Waals surface area (Å²) in [5.41, 5.74) is 1.42. The third-order valence-electron chi connectivity index (χ3n) is 2.83. The van der Waals surface area contributed by atoms with Crippen LogP contribution in [0.2, 0.25) is 0 Å². The molecule has 0 saturated carbocycles. The van der Waals surface area contributed by atoms with Gasteiger partial charge in [-0.1, -0.05) is 12.1 Å². The number of rotatable bonds is 3. The lowest BCUT2D eigenvalue weighted by atomic mass is 10.2. The third kappa shape index (κ3) is 2.23. The molecule has 0 aliphatic heterocycles. The number of para-hydroxylation sites is 1. The van der Waals surface area contributed by atoms with Crippen molar-refractivity contribution in [3.8, 4) is 0 Å². The van der Waals surface area contributed by atoms with Crippen LogP contribution in [0, 0.1) is 6.92 Å². The molecule has 0 bridgehead atoms. The Bertz CT molecular complexity index is 857. The predicted octanol–water partition coefficient (Wildman–Crippen LogP) is 2.07. The van der Waals surface area contributed by atoms with Gasteiger partial charge in [-0.25, -0.2) is 18.1 Å². The van der Waals surface area contributed by atoms with E-state index in [1.165, 1.54) is 12.3 Å². The standard InChI is InChI=1S/C13H12N4O2S/c1-9-7-10-3-2-4-11(12(10)16-8-9)20(18,19)17-13-14-5-6-15-13/h2-8H,1H3,(H2,14,15,17). The van der Waals surface area contributed by atoms with Crippen LogP contribution < -0.4 is 4.72 Å². The molecule has 7 heteroatoms. The zero-order valence-electron chi connectivity index (χ0n) is 10.7. The van der Waals surface area contributed by atoms with Crippen LogP contribution in [0.4, 0.5) is 5.95 Å². The van der Waals surface area contributed by atoms with Gasteiger partial charge in [0.15, 0.2) is 0 Å². The van der Waals surface area contributed by atoms with Crippen LogP contribution in [0.1, 0.15) is 5.56 Å². The molecule has 0 saturated heterocycles. The largest absolute Gasteiger partial charge is 0.330 e. The number of hydrogen-bond acceptors (Lipinski definition) is 4. The summed E-state index contributed by atoms with van der Waals surface area (Å²) in [7, 11) is -3.73. The molecule has 3 aromatic rings. The lowest BCUT2D eigenvalue weighted by Gasteiger charge is -2.08. The van der Waals surface area contributed by atoms with E-state index in [0.717, 1.165) is 10.9 Å². The first kappa shape index (κ1) is 12.6. The van der Waals surface area contributed by atoms with Crippen LogP contribution in [-0.2, 0) is 10.0 Å². The summed E-state index contributed by atoms with van der Waals surface area (Å²) < 4.78 is 27.2. The molecule has 0 atom stereocenters. The number of aromatic amines is 1. The molecule has 2 N–H and O–H groups in total. The summed E-state index contributed by atoms with van der Waals surface area (Å²) in [6, 6.07) is 6.95. The lowest BCUT2D eigenvalue weighted by Crippen LogP contribution is -2.14. The number of imidazole rings is 1. The highest BCUT2D eigenvalue weighted by Crippen LogP contribution is 2.23. The summed E-state index contributed by atoms with van der Waals surface area (Å²) in [6.45, 7) is 1.91. The second-order valence-corrected chi connectivity index (χ2v) is 6.03. The van der Waals surface area contributed by atoms with Gasteiger partial charge in [-0.3, -0.25) is 4.98 Å². The van der Waals surface area contributed by atoms with Gasteiger partial charge >= 0.3 is 0 Å². The van der Waals surface area contributed by atoms with Crippen molar-refractivity contribution in [2.45, 2.75) is 11.8 Å². The Morgan fingerprint density at radius 2 is 2.10 bits per heavy atom. The second kappa shape index (κ2) is 4.61. The summed E-state index contributed by atoms with van der Waals surface area (Å²) >= 11 is 0. The van der Waals surface area contributed by atoms with Gasteiger partial charge in [0.05, 0.1) is 5.52 Å². The SMILES string of the molecule is Cc1cnc2c(S(=O)(=O)Nc3ncc[nH]3)cccc2c1. The lowest BCUT2D eigenvalue weighted by molar-refractivity contribution is 0.601. The molecule has 0 radical (unpaired) electrons. The van der Waals surface area contributed by atoms with Crippen LogP contribution in [0.3, 0.4) is 0 Å². The van der Waals surface area contributed by atoms with E-state index in [1.807, 2.05) is 19.1 Å². The molecule has 0 amide bonds. The fourth-order valence-electron chi connectivity index (χ4n) is 1.96. The van der Waals surface area contributed by atoms with Crippen LogP contribution in [-0.4, -0.2) is 23.4 Å². The highest BCUT2D eigenvalue weighted by atomic mass is 32.2. The number of anilines is 1. The number of fused-ring (bicyclic) bond motifs is 1. The Labute approximate surface area is 115 Å². The molecule has 3 rings (SSSR count). The van der Waals surface area contributed by atoms with E-state index in [2.05, 4.69) is 19.7 Å². The first-order valence-corrected chi connectivity index (χ1v) is 7.42. The van der Waals surface area contributed by atoms with Gasteiger partial charge in [-0.05, 0) is 24.6 Å². The van der Waals surface area contributed by atoms with Gasteiger partial charge in [0.1, 0.15) is 4.90 Å². The van der Waals surface area contributed by atoms with Crippen LogP contribution in [0.15, 0.2) is 47.8 Å². The van der Waals surface area contributed by atoms with Gasteiger partial charge in [-0.15, -0.1) is 0 Å².